The minimum atomic E-state index is -4.26. The fraction of sp³-hybridized carbons (Fsp3) is 0.525. The van der Waals surface area contributed by atoms with E-state index in [0.29, 0.717) is 48.3 Å². The van der Waals surface area contributed by atoms with Gasteiger partial charge in [-0.2, -0.15) is 14.5 Å². The molecule has 4 aliphatic heterocycles. The number of aromatic amines is 2. The summed E-state index contributed by atoms with van der Waals surface area (Å²) in [5, 5.41) is 53.8. The van der Waals surface area contributed by atoms with E-state index in [4.69, 9.17) is 30.0 Å². The van der Waals surface area contributed by atoms with E-state index in [0.717, 1.165) is 83.6 Å². The molecule has 0 spiro atoms. The summed E-state index contributed by atoms with van der Waals surface area (Å²) in [5.74, 6) is 0.228. The highest BCUT2D eigenvalue weighted by Gasteiger charge is 2.49. The van der Waals surface area contributed by atoms with Gasteiger partial charge in [-0.3, -0.25) is 28.6 Å². The summed E-state index contributed by atoms with van der Waals surface area (Å²) in [7, 11) is -4.40. The van der Waals surface area contributed by atoms with Crippen LogP contribution in [0.25, 0.3) is 22.3 Å². The highest BCUT2D eigenvalue weighted by atomic mass is 31.2. The number of ether oxygens (including phenoxy) is 2. The van der Waals surface area contributed by atoms with E-state index < -0.39 is 77.8 Å². The number of H-pyrrole nitrogens is 2. The topological polar surface area (TPSA) is 424 Å². The number of likely N-dealkylation sites (N-methyl/N-ethyl adjacent to an activating group) is 1. The summed E-state index contributed by atoms with van der Waals surface area (Å²) in [5.41, 5.74) is 21.1. The summed E-state index contributed by atoms with van der Waals surface area (Å²) in [6, 6.07) is 12.4. The number of aromatic nitrogens is 8. The number of anilines is 3. The van der Waals surface area contributed by atoms with Gasteiger partial charge in [0.15, 0.2) is 42.7 Å². The van der Waals surface area contributed by atoms with Gasteiger partial charge in [0.1, 0.15) is 43.7 Å². The number of carbonyl (C=O) groups is 2. The molecule has 4 aliphatic rings. The van der Waals surface area contributed by atoms with Gasteiger partial charge >= 0.3 is 26.8 Å². The van der Waals surface area contributed by atoms with Crippen LogP contribution in [-0.2, 0) is 60.9 Å². The first-order chi connectivity index (χ1) is 44.3. The second kappa shape index (κ2) is 28.9. The number of nitrogens with zero attached hydrogens (tertiary/aromatic N) is 8. The number of unbranched alkanes of at least 4 members (excludes halogenated alkanes) is 6. The Labute approximate surface area is 537 Å². The number of aliphatic hydroxyl groups excluding tert-OH is 4. The third-order valence-electron chi connectivity index (χ3n) is 17.9. The number of hydrogen-bond donors (Lipinski definition) is 14. The molecule has 0 radical (unpaired) electrons. The molecule has 10 atom stereocenters. The maximum atomic E-state index is 13.1. The van der Waals surface area contributed by atoms with Gasteiger partial charge in [-0.05, 0) is 74.4 Å². The van der Waals surface area contributed by atoms with Crippen molar-refractivity contribution < 1.29 is 81.2 Å². The molecule has 0 aliphatic carbocycles. The van der Waals surface area contributed by atoms with Crippen molar-refractivity contribution in [2.24, 2.45) is 0 Å². The molecule has 0 saturated carbocycles. The van der Waals surface area contributed by atoms with Crippen LogP contribution in [0.1, 0.15) is 114 Å². The van der Waals surface area contributed by atoms with Gasteiger partial charge < -0.3 is 66.7 Å². The maximum absolute atomic E-state index is 13.1. The van der Waals surface area contributed by atoms with Crippen LogP contribution in [0.5, 0.6) is 0 Å². The first-order valence-corrected chi connectivity index (χ1v) is 34.4. The summed E-state index contributed by atoms with van der Waals surface area (Å²) in [4.78, 5) is 71.3. The molecular formula is C61H87N16O14P2+3. The summed E-state index contributed by atoms with van der Waals surface area (Å²) < 4.78 is 52.7. The predicted molar refractivity (Wildman–Crippen MR) is 342 cm³/mol. The van der Waals surface area contributed by atoms with Crippen LogP contribution >= 0.6 is 15.5 Å². The number of benzene rings is 2. The van der Waals surface area contributed by atoms with E-state index in [1.165, 1.54) is 34.4 Å². The van der Waals surface area contributed by atoms with Crippen LogP contribution in [0.15, 0.2) is 85.6 Å². The third-order valence-corrected chi connectivity index (χ3v) is 20.1. The quantitative estimate of drug-likeness (QED) is 0.0175. The summed E-state index contributed by atoms with van der Waals surface area (Å²) in [6.07, 6.45) is 8.08. The number of allylic oxidation sites excluding steroid dienone is 4. The Hall–Kier alpha value is -6.99. The Morgan fingerprint density at radius 1 is 0.667 bits per heavy atom. The molecule has 2 saturated heterocycles. The van der Waals surface area contributed by atoms with Gasteiger partial charge in [-0.15, -0.1) is 0 Å². The average molecular weight is 1330 g/mol. The van der Waals surface area contributed by atoms with Crippen LogP contribution in [0, 0.1) is 0 Å². The smallest absolute Gasteiger partial charge is 0.387 e. The van der Waals surface area contributed by atoms with Crippen molar-refractivity contribution in [3.63, 3.8) is 0 Å². The number of aliphatic hydroxyl groups is 4. The number of amides is 2. The second-order valence-electron chi connectivity index (χ2n) is 25.1. The normalized spacial score (nSPS) is 24.1. The Morgan fingerprint density at radius 2 is 1.13 bits per heavy atom. The molecule has 32 heteroatoms. The van der Waals surface area contributed by atoms with Crippen molar-refractivity contribution in [2.75, 3.05) is 69.9 Å². The Bertz CT molecular complexity index is 3900. The predicted octanol–water partition coefficient (Wildman–Crippen LogP) is 2.33. The van der Waals surface area contributed by atoms with Crippen molar-refractivity contribution >= 4 is 78.4 Å². The SMILES string of the molecule is CN1C(=CC=CC2=[N+](C)c3ccc(CC(=O)NCCCCCCNP(=O)(O)OC[C@H]4O[C@@H]([n+]5c[nH]c6c(N)ncnc65)C(O)[C@H]4O)cc3C2(C)C)C(C)(C)c2cc(CC(=O)NCCCCCCNP(=O)(O)OC[C@@H]3O[C@H]([n+]4c[nH]c5c(N)ncnc54)C(O)[C@@H]3O)ccc21. The Balaban J connectivity index is 0.594. The molecule has 2 fully saturated rings. The molecule has 8 heterocycles. The molecule has 16 N–H and O–H groups in total. The number of carbonyl (C=O) groups excluding carboxylic acids is 2. The Kier molecular flexibility index (Phi) is 21.4. The van der Waals surface area contributed by atoms with Gasteiger partial charge in [0.05, 0.1) is 31.5 Å². The first kappa shape index (κ1) is 68.9. The molecule has 0 bridgehead atoms. The van der Waals surface area contributed by atoms with Crippen LogP contribution in [0.4, 0.5) is 23.0 Å². The average Bonchev–Trinajstić information content (AvgIpc) is 1.61. The molecule has 502 valence electrons. The van der Waals surface area contributed by atoms with Crippen LogP contribution < -0.4 is 46.3 Å². The molecule has 93 heavy (non-hydrogen) atoms. The lowest BCUT2D eigenvalue weighted by molar-refractivity contribution is -0.745. The minimum absolute atomic E-state index is 0.0794. The molecule has 4 unspecified atom stereocenters. The molecule has 2 amide bonds. The summed E-state index contributed by atoms with van der Waals surface area (Å²) >= 11 is 0. The lowest BCUT2D eigenvalue weighted by Crippen LogP contribution is -2.45. The fourth-order valence-electron chi connectivity index (χ4n) is 12.7. The van der Waals surface area contributed by atoms with Crippen LogP contribution in [-0.4, -0.2) is 172 Å². The molecule has 4 aromatic heterocycles. The third kappa shape index (κ3) is 15.4. The van der Waals surface area contributed by atoms with E-state index in [1.807, 2.05) is 12.1 Å². The van der Waals surface area contributed by atoms with E-state index >= 15 is 0 Å². The van der Waals surface area contributed by atoms with Gasteiger partial charge in [-0.1, -0.05) is 73.8 Å². The first-order valence-electron chi connectivity index (χ1n) is 31.3. The number of rotatable bonds is 30. The van der Waals surface area contributed by atoms with E-state index in [9.17, 15) is 48.9 Å². The van der Waals surface area contributed by atoms with Crippen LogP contribution in [0.3, 0.4) is 0 Å². The number of nitrogen functional groups attached to an aromatic ring is 2. The maximum Gasteiger partial charge on any atom is 0.403 e. The van der Waals surface area contributed by atoms with Gasteiger partial charge in [0, 0.05) is 67.7 Å². The molecule has 2 aromatic carbocycles. The number of hydrogen-bond acceptors (Lipinski definition) is 19. The molecular weight excluding hydrogens is 1240 g/mol. The van der Waals surface area contributed by atoms with E-state index in [2.05, 4.69) is 144 Å². The van der Waals surface area contributed by atoms with Gasteiger partial charge in [0.25, 0.3) is 0 Å². The number of nitrogens with two attached hydrogens (primary N) is 2. The zero-order valence-corrected chi connectivity index (χ0v) is 54.8. The largest absolute Gasteiger partial charge is 0.403 e. The summed E-state index contributed by atoms with van der Waals surface area (Å²) in [6.45, 7) is 9.22. The zero-order valence-electron chi connectivity index (χ0n) is 53.0. The number of nitrogens with one attached hydrogen (secondary N) is 6. The van der Waals surface area contributed by atoms with E-state index in [1.54, 1.807) is 0 Å². The lowest BCUT2D eigenvalue weighted by atomic mass is 9.80. The highest BCUT2D eigenvalue weighted by Crippen LogP contribution is 2.48. The van der Waals surface area contributed by atoms with Crippen molar-refractivity contribution in [3.05, 3.63) is 108 Å². The molecule has 10 rings (SSSR count). The van der Waals surface area contributed by atoms with Gasteiger partial charge in [0.2, 0.25) is 41.0 Å². The minimum Gasteiger partial charge on any atom is -0.387 e. The Morgan fingerprint density at radius 3 is 1.62 bits per heavy atom. The number of imidazole rings is 2. The van der Waals surface area contributed by atoms with Crippen molar-refractivity contribution in [1.29, 1.82) is 0 Å². The van der Waals surface area contributed by atoms with Crippen molar-refractivity contribution in [3.8, 4) is 0 Å². The van der Waals surface area contributed by atoms with Gasteiger partial charge in [-0.25, -0.2) is 28.4 Å². The lowest BCUT2D eigenvalue weighted by Gasteiger charge is -2.24. The standard InChI is InChI=1S/C61H84N16O14P2/c1-60(2)38-26-36(28-46(78)64-22-11-7-9-13-24-72-92(84,85)88-30-42-50(80)52(82)58(90-42)76-34-70-48-54(62)66-32-68-56(48)76)18-20-40(38)74(5)44(60)16-15-17-45-61(3,4)39-27-37(19-21-41(39)75(45)6)29-47(79)65-23-12-8-10-14-25-73-93(86,87)89-31-43-51(81)53(83)59(91-43)77-35-71-49-55(63)67-33-69-57(49)77/h15-21,26-27,32-35,42-43,50-53,58-59,80-83H,7-14,22-25,28-31H2,1-6H3,(H9-,62,63,64,65,66,67,68,69,72,73,78,79,84,85,86,87)/p+3/t42-,43+,50+,51-,52?,53?,58-,59+. The van der Waals surface area contributed by atoms with Crippen LogP contribution in [0.2, 0.25) is 0 Å². The van der Waals surface area contributed by atoms with E-state index in [-0.39, 0.29) is 60.2 Å². The monoisotopic (exact) mass is 1330 g/mol. The fourth-order valence-corrected chi connectivity index (χ4v) is 14.4. The highest BCUT2D eigenvalue weighted by molar-refractivity contribution is 7.50. The zero-order chi connectivity index (χ0) is 66.6. The number of fused-ring (bicyclic) bond motifs is 4. The second-order valence-corrected chi connectivity index (χ2v) is 28.3. The van der Waals surface area contributed by atoms with Crippen molar-refractivity contribution in [2.45, 2.75) is 152 Å². The molecule has 30 nitrogen and oxygen atoms in total. The molecule has 6 aromatic rings. The van der Waals surface area contributed by atoms with Crippen molar-refractivity contribution in [1.82, 2.24) is 50.7 Å².